The first-order valence-electron chi connectivity index (χ1n) is 6.83. The Morgan fingerprint density at radius 2 is 1.67 bits per heavy atom. The summed E-state index contributed by atoms with van der Waals surface area (Å²) < 4.78 is 0. The Morgan fingerprint density at radius 1 is 1.07 bits per heavy atom. The van der Waals surface area contributed by atoms with E-state index in [1.54, 1.807) is 0 Å². The first kappa shape index (κ1) is 11.4. The van der Waals surface area contributed by atoms with Gasteiger partial charge in [0.2, 0.25) is 0 Å². The molecule has 3 atom stereocenters. The molecule has 88 valence electrons. The minimum Gasteiger partial charge on any atom is -0.393 e. The van der Waals surface area contributed by atoms with Crippen LogP contribution in [0.4, 0.5) is 0 Å². The average Bonchev–Trinajstić information content (AvgIpc) is 2.95. The molecule has 2 aliphatic rings. The highest BCUT2D eigenvalue weighted by molar-refractivity contribution is 4.82. The molecule has 0 radical (unpaired) electrons. The van der Waals surface area contributed by atoms with E-state index in [0.717, 1.165) is 24.2 Å². The molecule has 0 aliphatic heterocycles. The molecule has 0 amide bonds. The van der Waals surface area contributed by atoms with E-state index in [2.05, 4.69) is 13.8 Å². The number of hydrogen-bond donors (Lipinski definition) is 1. The Bertz CT molecular complexity index is 188. The van der Waals surface area contributed by atoms with Gasteiger partial charge < -0.3 is 5.11 Å². The number of hydrogen-bond acceptors (Lipinski definition) is 1. The Morgan fingerprint density at radius 3 is 2.20 bits per heavy atom. The molecular formula is C14H26O. The highest BCUT2D eigenvalue weighted by atomic mass is 16.3. The molecule has 0 saturated heterocycles. The van der Waals surface area contributed by atoms with Crippen LogP contribution < -0.4 is 0 Å². The summed E-state index contributed by atoms with van der Waals surface area (Å²) in [6, 6.07) is 0. The van der Waals surface area contributed by atoms with Crippen LogP contribution in [0.1, 0.15) is 58.8 Å². The lowest BCUT2D eigenvalue weighted by molar-refractivity contribution is 0.118. The lowest BCUT2D eigenvalue weighted by atomic mass is 9.75. The molecule has 0 bridgehead atoms. The first-order chi connectivity index (χ1) is 7.15. The van der Waals surface area contributed by atoms with Crippen LogP contribution in [-0.4, -0.2) is 11.2 Å². The number of aliphatic hydroxyl groups is 1. The summed E-state index contributed by atoms with van der Waals surface area (Å²) in [7, 11) is 0. The Hall–Kier alpha value is -0.0400. The van der Waals surface area contributed by atoms with Gasteiger partial charge in [-0.2, -0.15) is 0 Å². The van der Waals surface area contributed by atoms with E-state index in [0.29, 0.717) is 5.92 Å². The zero-order valence-electron chi connectivity index (χ0n) is 10.3. The smallest absolute Gasteiger partial charge is 0.0568 e. The SMILES string of the molecule is CC1CC(C)CC(CCC(O)C2CC2)C1. The van der Waals surface area contributed by atoms with Gasteiger partial charge in [-0.1, -0.05) is 13.8 Å². The molecular weight excluding hydrogens is 184 g/mol. The molecule has 0 aromatic carbocycles. The fraction of sp³-hybridized carbons (Fsp3) is 1.00. The van der Waals surface area contributed by atoms with Gasteiger partial charge in [0.15, 0.2) is 0 Å². The van der Waals surface area contributed by atoms with E-state index in [4.69, 9.17) is 0 Å². The second-order valence-electron chi connectivity index (χ2n) is 6.27. The van der Waals surface area contributed by atoms with E-state index < -0.39 is 0 Å². The van der Waals surface area contributed by atoms with E-state index in [9.17, 15) is 5.11 Å². The molecule has 0 aromatic heterocycles. The van der Waals surface area contributed by atoms with Gasteiger partial charge in [0.05, 0.1) is 6.10 Å². The molecule has 0 spiro atoms. The topological polar surface area (TPSA) is 20.2 Å². The monoisotopic (exact) mass is 210 g/mol. The van der Waals surface area contributed by atoms with Gasteiger partial charge >= 0.3 is 0 Å². The van der Waals surface area contributed by atoms with Gasteiger partial charge in [-0.25, -0.2) is 0 Å². The highest BCUT2D eigenvalue weighted by Crippen LogP contribution is 2.38. The van der Waals surface area contributed by atoms with Crippen LogP contribution in [0.2, 0.25) is 0 Å². The normalized spacial score (nSPS) is 39.0. The van der Waals surface area contributed by atoms with Crippen molar-refractivity contribution in [1.29, 1.82) is 0 Å². The van der Waals surface area contributed by atoms with E-state index >= 15 is 0 Å². The van der Waals surface area contributed by atoms with Crippen LogP contribution in [-0.2, 0) is 0 Å². The minimum absolute atomic E-state index is 0.0255. The molecule has 1 nitrogen and oxygen atoms in total. The molecule has 15 heavy (non-hydrogen) atoms. The van der Waals surface area contributed by atoms with Gasteiger partial charge in [0.1, 0.15) is 0 Å². The maximum atomic E-state index is 9.85. The van der Waals surface area contributed by atoms with Gasteiger partial charge in [0, 0.05) is 0 Å². The highest BCUT2D eigenvalue weighted by Gasteiger charge is 2.31. The molecule has 2 saturated carbocycles. The van der Waals surface area contributed by atoms with Gasteiger partial charge in [0.25, 0.3) is 0 Å². The van der Waals surface area contributed by atoms with Crippen LogP contribution >= 0.6 is 0 Å². The number of aliphatic hydroxyl groups excluding tert-OH is 1. The summed E-state index contributed by atoms with van der Waals surface area (Å²) in [5.74, 6) is 3.40. The quantitative estimate of drug-likeness (QED) is 0.751. The maximum absolute atomic E-state index is 9.85. The zero-order chi connectivity index (χ0) is 10.8. The molecule has 3 unspecified atom stereocenters. The van der Waals surface area contributed by atoms with Crippen molar-refractivity contribution >= 4 is 0 Å². The molecule has 2 rings (SSSR count). The van der Waals surface area contributed by atoms with Crippen molar-refractivity contribution in [2.75, 3.05) is 0 Å². The summed E-state index contributed by atoms with van der Waals surface area (Å²) in [4.78, 5) is 0. The number of rotatable bonds is 4. The average molecular weight is 210 g/mol. The molecule has 1 N–H and O–H groups in total. The fourth-order valence-corrected chi connectivity index (χ4v) is 3.47. The Balaban J connectivity index is 1.68. The van der Waals surface area contributed by atoms with Gasteiger partial charge in [-0.3, -0.25) is 0 Å². The van der Waals surface area contributed by atoms with Crippen molar-refractivity contribution in [3.05, 3.63) is 0 Å². The molecule has 2 aliphatic carbocycles. The second-order valence-corrected chi connectivity index (χ2v) is 6.27. The zero-order valence-corrected chi connectivity index (χ0v) is 10.3. The van der Waals surface area contributed by atoms with E-state index in [1.165, 1.54) is 38.5 Å². The second kappa shape index (κ2) is 4.86. The van der Waals surface area contributed by atoms with Crippen molar-refractivity contribution in [1.82, 2.24) is 0 Å². The van der Waals surface area contributed by atoms with Crippen molar-refractivity contribution < 1.29 is 5.11 Å². The maximum Gasteiger partial charge on any atom is 0.0568 e. The Kier molecular flexibility index (Phi) is 3.71. The summed E-state index contributed by atoms with van der Waals surface area (Å²) in [6.07, 6.45) is 9.14. The van der Waals surface area contributed by atoms with Crippen molar-refractivity contribution in [3.63, 3.8) is 0 Å². The summed E-state index contributed by atoms with van der Waals surface area (Å²) in [5, 5.41) is 9.85. The third-order valence-electron chi connectivity index (χ3n) is 4.31. The molecule has 0 heterocycles. The van der Waals surface area contributed by atoms with Crippen LogP contribution in [0.25, 0.3) is 0 Å². The first-order valence-corrected chi connectivity index (χ1v) is 6.83. The van der Waals surface area contributed by atoms with Gasteiger partial charge in [-0.05, 0) is 68.6 Å². The van der Waals surface area contributed by atoms with Crippen LogP contribution in [0.3, 0.4) is 0 Å². The third kappa shape index (κ3) is 3.48. The van der Waals surface area contributed by atoms with Crippen LogP contribution in [0, 0.1) is 23.7 Å². The van der Waals surface area contributed by atoms with E-state index in [-0.39, 0.29) is 6.10 Å². The predicted octanol–water partition coefficient (Wildman–Crippen LogP) is 3.61. The van der Waals surface area contributed by atoms with Crippen LogP contribution in [0.15, 0.2) is 0 Å². The summed E-state index contributed by atoms with van der Waals surface area (Å²) >= 11 is 0. The lowest BCUT2D eigenvalue weighted by Crippen LogP contribution is -2.21. The predicted molar refractivity (Wildman–Crippen MR) is 63.6 cm³/mol. The van der Waals surface area contributed by atoms with Crippen molar-refractivity contribution in [2.45, 2.75) is 64.9 Å². The molecule has 1 heteroatoms. The third-order valence-corrected chi connectivity index (χ3v) is 4.31. The summed E-state index contributed by atoms with van der Waals surface area (Å²) in [6.45, 7) is 4.78. The van der Waals surface area contributed by atoms with Gasteiger partial charge in [-0.15, -0.1) is 0 Å². The minimum atomic E-state index is 0.0255. The largest absolute Gasteiger partial charge is 0.393 e. The lowest BCUT2D eigenvalue weighted by Gasteiger charge is -2.31. The summed E-state index contributed by atoms with van der Waals surface area (Å²) in [5.41, 5.74) is 0. The van der Waals surface area contributed by atoms with Crippen LogP contribution in [0.5, 0.6) is 0 Å². The van der Waals surface area contributed by atoms with Crippen molar-refractivity contribution in [2.24, 2.45) is 23.7 Å². The fourth-order valence-electron chi connectivity index (χ4n) is 3.47. The standard InChI is InChI=1S/C14H26O/c1-10-7-11(2)9-12(8-10)3-6-14(15)13-4-5-13/h10-15H,3-9H2,1-2H3. The Labute approximate surface area is 94.3 Å². The molecule has 2 fully saturated rings. The molecule has 0 aromatic rings. The van der Waals surface area contributed by atoms with Crippen molar-refractivity contribution in [3.8, 4) is 0 Å². The van der Waals surface area contributed by atoms with E-state index in [1.807, 2.05) is 0 Å².